The van der Waals surface area contributed by atoms with Crippen molar-refractivity contribution in [2.24, 2.45) is 0 Å². The van der Waals surface area contributed by atoms with E-state index >= 15 is 0 Å². The first-order valence-corrected chi connectivity index (χ1v) is 8.24. The monoisotopic (exact) mass is 357 g/mol. The van der Waals surface area contributed by atoms with E-state index in [1.54, 1.807) is 43.5 Å². The Morgan fingerprint density at radius 2 is 2.08 bits per heavy atom. The van der Waals surface area contributed by atoms with Gasteiger partial charge in [0.25, 0.3) is 11.5 Å². The topological polar surface area (TPSA) is 104 Å². The van der Waals surface area contributed by atoms with Gasteiger partial charge in [0, 0.05) is 6.54 Å². The molecule has 0 aliphatic carbocycles. The summed E-state index contributed by atoms with van der Waals surface area (Å²) in [7, 11) is 1.57. The molecular formula is C17H15N3O4S. The van der Waals surface area contributed by atoms with Gasteiger partial charge in [0.05, 0.1) is 12.0 Å². The first-order chi connectivity index (χ1) is 12.1. The molecule has 1 amide bonds. The predicted octanol–water partition coefficient (Wildman–Crippen LogP) is 2.14. The van der Waals surface area contributed by atoms with Crippen LogP contribution >= 0.6 is 11.3 Å². The molecule has 0 saturated carbocycles. The van der Waals surface area contributed by atoms with Crippen molar-refractivity contribution < 1.29 is 14.6 Å². The number of hydrogen-bond donors (Lipinski definition) is 3. The molecule has 0 aliphatic heterocycles. The number of methoxy groups -OCH3 is 1. The molecule has 3 aromatic rings. The molecule has 3 N–H and O–H groups in total. The number of thiophene rings is 1. The summed E-state index contributed by atoms with van der Waals surface area (Å²) in [6.07, 6.45) is 0. The van der Waals surface area contributed by atoms with Crippen LogP contribution in [-0.4, -0.2) is 28.1 Å². The largest absolute Gasteiger partial charge is 0.501 e. The van der Waals surface area contributed by atoms with E-state index < -0.39 is 17.2 Å². The van der Waals surface area contributed by atoms with Crippen LogP contribution in [0, 0.1) is 0 Å². The fourth-order valence-corrected chi connectivity index (χ4v) is 2.83. The maximum absolute atomic E-state index is 12.3. The summed E-state index contributed by atoms with van der Waals surface area (Å²) in [5, 5.41) is 14.3. The van der Waals surface area contributed by atoms with Crippen molar-refractivity contribution in [3.63, 3.8) is 0 Å². The lowest BCUT2D eigenvalue weighted by molar-refractivity contribution is 0.0942. The van der Waals surface area contributed by atoms with E-state index in [9.17, 15) is 14.7 Å². The first kappa shape index (κ1) is 16.7. The Hall–Kier alpha value is -3.13. The molecule has 1 aromatic carbocycles. The van der Waals surface area contributed by atoms with E-state index in [1.165, 1.54) is 11.3 Å². The summed E-state index contributed by atoms with van der Waals surface area (Å²) in [6.45, 7) is 0.227. The Morgan fingerprint density at radius 3 is 2.72 bits per heavy atom. The van der Waals surface area contributed by atoms with Crippen LogP contribution in [0.25, 0.3) is 10.7 Å². The van der Waals surface area contributed by atoms with Crippen molar-refractivity contribution in [2.45, 2.75) is 6.54 Å². The second kappa shape index (κ2) is 7.18. The number of carbonyl (C=O) groups is 1. The molecule has 0 radical (unpaired) electrons. The van der Waals surface area contributed by atoms with Crippen LogP contribution in [0.15, 0.2) is 46.6 Å². The predicted molar refractivity (Wildman–Crippen MR) is 94.0 cm³/mol. The summed E-state index contributed by atoms with van der Waals surface area (Å²) in [5.74, 6) is -0.373. The van der Waals surface area contributed by atoms with Crippen molar-refractivity contribution in [3.05, 3.63) is 63.4 Å². The molecule has 0 saturated heterocycles. The summed E-state index contributed by atoms with van der Waals surface area (Å²) in [6, 6.07) is 10.7. The number of nitrogens with one attached hydrogen (secondary N) is 2. The second-order valence-corrected chi connectivity index (χ2v) is 6.07. The minimum Gasteiger partial charge on any atom is -0.501 e. The molecule has 0 aliphatic rings. The lowest BCUT2D eigenvalue weighted by atomic mass is 10.2. The standard InChI is InChI=1S/C17H15N3O4S/c1-24-11-6-4-10(5-7-11)9-18-16(22)13-14(21)17(23)20-15(19-13)12-3-2-8-25-12/h2-8,21H,9H2,1H3,(H,18,22)(H,19,20,23). The Labute approximate surface area is 147 Å². The molecule has 25 heavy (non-hydrogen) atoms. The number of hydrogen-bond acceptors (Lipinski definition) is 6. The van der Waals surface area contributed by atoms with Gasteiger partial charge in [-0.1, -0.05) is 18.2 Å². The zero-order chi connectivity index (χ0) is 17.8. The summed E-state index contributed by atoms with van der Waals surface area (Å²) in [5.41, 5.74) is -0.217. The number of nitrogens with zero attached hydrogens (tertiary/aromatic N) is 1. The molecule has 3 rings (SSSR count). The lowest BCUT2D eigenvalue weighted by Gasteiger charge is -2.08. The van der Waals surface area contributed by atoms with Crippen LogP contribution in [0.5, 0.6) is 11.5 Å². The third kappa shape index (κ3) is 3.69. The molecule has 2 heterocycles. The Morgan fingerprint density at radius 1 is 1.32 bits per heavy atom. The molecule has 128 valence electrons. The highest BCUT2D eigenvalue weighted by molar-refractivity contribution is 7.13. The van der Waals surface area contributed by atoms with E-state index in [0.717, 1.165) is 5.56 Å². The highest BCUT2D eigenvalue weighted by Gasteiger charge is 2.18. The molecular weight excluding hydrogens is 342 g/mol. The summed E-state index contributed by atoms with van der Waals surface area (Å²) >= 11 is 1.37. The molecule has 8 heteroatoms. The fraction of sp³-hybridized carbons (Fsp3) is 0.118. The maximum atomic E-state index is 12.3. The highest BCUT2D eigenvalue weighted by atomic mass is 32.1. The van der Waals surface area contributed by atoms with E-state index in [0.29, 0.717) is 10.6 Å². The summed E-state index contributed by atoms with van der Waals surface area (Å²) in [4.78, 5) is 31.4. The van der Waals surface area contributed by atoms with Crippen LogP contribution in [0.1, 0.15) is 16.1 Å². The van der Waals surface area contributed by atoms with E-state index in [4.69, 9.17) is 4.74 Å². The molecule has 0 spiro atoms. The van der Waals surface area contributed by atoms with Gasteiger partial charge < -0.3 is 20.1 Å². The van der Waals surface area contributed by atoms with Gasteiger partial charge in [0.15, 0.2) is 11.5 Å². The van der Waals surface area contributed by atoms with E-state index in [1.807, 2.05) is 5.38 Å². The highest BCUT2D eigenvalue weighted by Crippen LogP contribution is 2.21. The molecule has 0 unspecified atom stereocenters. The third-order valence-electron chi connectivity index (χ3n) is 3.48. The number of carbonyl (C=O) groups excluding carboxylic acids is 1. The van der Waals surface area contributed by atoms with Crippen molar-refractivity contribution in [2.75, 3.05) is 7.11 Å². The number of H-pyrrole nitrogens is 1. The van der Waals surface area contributed by atoms with Gasteiger partial charge >= 0.3 is 0 Å². The van der Waals surface area contributed by atoms with Gasteiger partial charge in [-0.05, 0) is 29.1 Å². The van der Waals surface area contributed by atoms with Crippen molar-refractivity contribution >= 4 is 17.2 Å². The molecule has 0 atom stereocenters. The number of benzene rings is 1. The minimum atomic E-state index is -0.756. The van der Waals surface area contributed by atoms with Gasteiger partial charge in [0.1, 0.15) is 5.75 Å². The quantitative estimate of drug-likeness (QED) is 0.649. The normalized spacial score (nSPS) is 10.4. The molecule has 2 aromatic heterocycles. The lowest BCUT2D eigenvalue weighted by Crippen LogP contribution is -2.26. The Kier molecular flexibility index (Phi) is 4.80. The number of aromatic amines is 1. The van der Waals surface area contributed by atoms with Gasteiger partial charge in [-0.3, -0.25) is 9.59 Å². The van der Waals surface area contributed by atoms with Crippen LogP contribution in [0.2, 0.25) is 0 Å². The number of rotatable bonds is 5. The number of amides is 1. The van der Waals surface area contributed by atoms with Gasteiger partial charge in [-0.25, -0.2) is 4.98 Å². The Balaban J connectivity index is 1.80. The summed E-state index contributed by atoms with van der Waals surface area (Å²) < 4.78 is 5.07. The van der Waals surface area contributed by atoms with E-state index in [2.05, 4.69) is 15.3 Å². The number of ether oxygens (including phenoxy) is 1. The SMILES string of the molecule is COc1ccc(CNC(=O)c2nc(-c3cccs3)[nH]c(=O)c2O)cc1. The van der Waals surface area contributed by atoms with Gasteiger partial charge in [-0.15, -0.1) is 11.3 Å². The molecule has 0 fully saturated rings. The smallest absolute Gasteiger partial charge is 0.294 e. The average Bonchev–Trinajstić information content (AvgIpc) is 3.17. The van der Waals surface area contributed by atoms with Crippen LogP contribution in [0.4, 0.5) is 0 Å². The zero-order valence-electron chi connectivity index (χ0n) is 13.3. The third-order valence-corrected chi connectivity index (χ3v) is 4.35. The molecule has 0 bridgehead atoms. The fourth-order valence-electron chi connectivity index (χ4n) is 2.16. The van der Waals surface area contributed by atoms with Crippen molar-refractivity contribution in [3.8, 4) is 22.2 Å². The van der Waals surface area contributed by atoms with E-state index in [-0.39, 0.29) is 18.1 Å². The number of aromatic hydroxyl groups is 1. The number of aromatic nitrogens is 2. The van der Waals surface area contributed by atoms with Crippen LogP contribution < -0.4 is 15.6 Å². The Bertz CT molecular complexity index is 934. The zero-order valence-corrected chi connectivity index (χ0v) is 14.1. The van der Waals surface area contributed by atoms with Crippen molar-refractivity contribution in [1.82, 2.24) is 15.3 Å². The average molecular weight is 357 g/mol. The minimum absolute atomic E-state index is 0.227. The van der Waals surface area contributed by atoms with Crippen LogP contribution in [0.3, 0.4) is 0 Å². The second-order valence-electron chi connectivity index (χ2n) is 5.12. The molecule has 7 nitrogen and oxygen atoms in total. The van der Waals surface area contributed by atoms with Gasteiger partial charge in [0.2, 0.25) is 5.75 Å². The van der Waals surface area contributed by atoms with Crippen LogP contribution in [-0.2, 0) is 6.54 Å². The first-order valence-electron chi connectivity index (χ1n) is 7.37. The maximum Gasteiger partial charge on any atom is 0.294 e. The van der Waals surface area contributed by atoms with Gasteiger partial charge in [-0.2, -0.15) is 0 Å². The van der Waals surface area contributed by atoms with Crippen molar-refractivity contribution in [1.29, 1.82) is 0 Å².